The summed E-state index contributed by atoms with van der Waals surface area (Å²) in [6.45, 7) is 10.2. The summed E-state index contributed by atoms with van der Waals surface area (Å²) in [5, 5.41) is 10.6. The molecule has 1 spiro atoms. The smallest absolute Gasteiger partial charge is 0.312 e. The molecule has 2 fully saturated rings. The average Bonchev–Trinajstić information content (AvgIpc) is 3.39. The number of aliphatic hydroxyl groups is 1. The summed E-state index contributed by atoms with van der Waals surface area (Å²) in [7, 11) is 0. The molecule has 4 heterocycles. The molecule has 228 valence electrons. The van der Waals surface area contributed by atoms with E-state index in [4.69, 9.17) is 9.47 Å². The largest absolute Gasteiger partial charge is 0.465 e. The molecule has 2 amide bonds. The van der Waals surface area contributed by atoms with Crippen LogP contribution in [-0.2, 0) is 23.9 Å². The standard InChI is InChI=1S/C33H45N3O6/c1-5-22(4)25(21-37)36-29-31(39)35(24-16-14-23(15-17-24)34(6-2)7-3)19-12-18-33(29)28(30(36)38)27-26(42-33)13-10-8-9-11-20-41-32(27)40/h10,12-18,22,25-29,37H,5-9,11,19-21H2,1-4H3/b13-10-/t22-,25-,26+,27-,28-,29?,33-/m0/s1. The van der Waals surface area contributed by atoms with E-state index in [1.54, 1.807) is 9.80 Å². The van der Waals surface area contributed by atoms with Gasteiger partial charge in [-0.25, -0.2) is 0 Å². The van der Waals surface area contributed by atoms with Crippen molar-refractivity contribution in [2.45, 2.75) is 77.2 Å². The number of amides is 2. The summed E-state index contributed by atoms with van der Waals surface area (Å²) in [6.07, 6.45) is 10.0. The van der Waals surface area contributed by atoms with Crippen molar-refractivity contribution in [2.24, 2.45) is 17.8 Å². The molecular weight excluding hydrogens is 534 g/mol. The van der Waals surface area contributed by atoms with E-state index < -0.39 is 41.6 Å². The summed E-state index contributed by atoms with van der Waals surface area (Å²) in [5.74, 6) is -3.00. The van der Waals surface area contributed by atoms with Crippen molar-refractivity contribution >= 4 is 29.2 Å². The van der Waals surface area contributed by atoms with E-state index in [-0.39, 0.29) is 30.9 Å². The number of esters is 1. The van der Waals surface area contributed by atoms with Crippen LogP contribution in [0.1, 0.15) is 53.4 Å². The van der Waals surface area contributed by atoms with Gasteiger partial charge in [0.2, 0.25) is 5.91 Å². The number of likely N-dealkylation sites (tertiary alicyclic amines) is 1. The second-order valence-electron chi connectivity index (χ2n) is 11.9. The number of allylic oxidation sites excluding steroid dienone is 1. The summed E-state index contributed by atoms with van der Waals surface area (Å²) in [5.41, 5.74) is 0.423. The minimum absolute atomic E-state index is 0.0802. The molecule has 0 radical (unpaired) electrons. The maximum atomic E-state index is 14.7. The third-order valence-corrected chi connectivity index (χ3v) is 9.67. The first-order valence-corrected chi connectivity index (χ1v) is 15.6. The van der Waals surface area contributed by atoms with Crippen LogP contribution >= 0.6 is 0 Å². The number of aliphatic hydroxyl groups excluding tert-OH is 1. The van der Waals surface area contributed by atoms with Crippen molar-refractivity contribution in [2.75, 3.05) is 42.6 Å². The maximum Gasteiger partial charge on any atom is 0.312 e. The minimum atomic E-state index is -1.36. The molecule has 5 rings (SSSR count). The zero-order valence-corrected chi connectivity index (χ0v) is 25.3. The van der Waals surface area contributed by atoms with Gasteiger partial charge in [-0.2, -0.15) is 0 Å². The second kappa shape index (κ2) is 12.6. The van der Waals surface area contributed by atoms with Gasteiger partial charge in [-0.1, -0.05) is 44.6 Å². The molecule has 4 aliphatic heterocycles. The van der Waals surface area contributed by atoms with Gasteiger partial charge < -0.3 is 29.3 Å². The third kappa shape index (κ3) is 5.04. The first kappa shape index (κ1) is 30.3. The molecular formula is C33H45N3O6. The van der Waals surface area contributed by atoms with E-state index in [2.05, 4.69) is 18.7 Å². The van der Waals surface area contributed by atoms with Gasteiger partial charge in [0.05, 0.1) is 31.3 Å². The first-order valence-electron chi connectivity index (χ1n) is 15.6. The van der Waals surface area contributed by atoms with Crippen LogP contribution in [0.3, 0.4) is 0 Å². The lowest BCUT2D eigenvalue weighted by molar-refractivity contribution is -0.155. The van der Waals surface area contributed by atoms with Crippen LogP contribution < -0.4 is 9.80 Å². The average molecular weight is 580 g/mol. The van der Waals surface area contributed by atoms with Crippen LogP contribution in [0.25, 0.3) is 0 Å². The van der Waals surface area contributed by atoms with Crippen molar-refractivity contribution in [3.63, 3.8) is 0 Å². The summed E-state index contributed by atoms with van der Waals surface area (Å²) >= 11 is 0. The predicted octanol–water partition coefficient (Wildman–Crippen LogP) is 3.71. The molecule has 42 heavy (non-hydrogen) atoms. The molecule has 1 N–H and O–H groups in total. The van der Waals surface area contributed by atoms with Crippen molar-refractivity contribution in [3.8, 4) is 0 Å². The molecule has 1 unspecified atom stereocenters. The number of cyclic esters (lactones) is 1. The van der Waals surface area contributed by atoms with E-state index in [1.807, 2.05) is 62.4 Å². The number of hydrogen-bond acceptors (Lipinski definition) is 7. The monoisotopic (exact) mass is 579 g/mol. The number of ether oxygens (including phenoxy) is 2. The summed E-state index contributed by atoms with van der Waals surface area (Å²) in [4.78, 5) is 48.2. The molecule has 2 saturated heterocycles. The number of benzene rings is 1. The Kier molecular flexibility index (Phi) is 9.08. The van der Waals surface area contributed by atoms with Gasteiger partial charge in [0.25, 0.3) is 5.91 Å². The molecule has 9 heteroatoms. The molecule has 0 bridgehead atoms. The molecule has 9 nitrogen and oxygen atoms in total. The Hall–Kier alpha value is -3.17. The van der Waals surface area contributed by atoms with E-state index >= 15 is 0 Å². The quantitative estimate of drug-likeness (QED) is 0.370. The zero-order valence-electron chi connectivity index (χ0n) is 25.3. The lowest BCUT2D eigenvalue weighted by Gasteiger charge is -2.40. The van der Waals surface area contributed by atoms with Gasteiger partial charge in [0.1, 0.15) is 17.6 Å². The molecule has 0 aromatic heterocycles. The highest BCUT2D eigenvalue weighted by molar-refractivity contribution is 6.05. The van der Waals surface area contributed by atoms with E-state index in [0.29, 0.717) is 18.7 Å². The number of carbonyl (C=O) groups excluding carboxylic acids is 3. The highest BCUT2D eigenvalue weighted by Gasteiger charge is 2.72. The molecule has 0 aliphatic carbocycles. The highest BCUT2D eigenvalue weighted by Crippen LogP contribution is 2.54. The fourth-order valence-electron chi connectivity index (χ4n) is 7.19. The summed E-state index contributed by atoms with van der Waals surface area (Å²) in [6, 6.07) is 6.24. The van der Waals surface area contributed by atoms with Crippen LogP contribution in [0.4, 0.5) is 11.4 Å². The number of hydrogen-bond donors (Lipinski definition) is 1. The van der Waals surface area contributed by atoms with Crippen LogP contribution in [0.5, 0.6) is 0 Å². The Bertz CT molecular complexity index is 1210. The fraction of sp³-hybridized carbons (Fsp3) is 0.606. The topological polar surface area (TPSA) is 99.6 Å². The highest BCUT2D eigenvalue weighted by atomic mass is 16.6. The fourth-order valence-corrected chi connectivity index (χ4v) is 7.19. The lowest BCUT2D eigenvalue weighted by Crippen LogP contribution is -2.59. The molecule has 0 saturated carbocycles. The lowest BCUT2D eigenvalue weighted by atomic mass is 9.78. The Balaban J connectivity index is 1.60. The third-order valence-electron chi connectivity index (χ3n) is 9.67. The molecule has 1 aromatic rings. The minimum Gasteiger partial charge on any atom is -0.465 e. The number of fused-ring (bicyclic) bond motifs is 2. The first-order chi connectivity index (χ1) is 20.3. The normalized spacial score (nSPS) is 31.5. The Morgan fingerprint density at radius 2 is 1.79 bits per heavy atom. The van der Waals surface area contributed by atoms with Gasteiger partial charge in [0, 0.05) is 31.0 Å². The van der Waals surface area contributed by atoms with E-state index in [1.165, 1.54) is 0 Å². The van der Waals surface area contributed by atoms with Gasteiger partial charge in [-0.3, -0.25) is 14.4 Å². The van der Waals surface area contributed by atoms with Crippen LogP contribution in [-0.4, -0.2) is 84.4 Å². The number of nitrogens with zero attached hydrogens (tertiary/aromatic N) is 3. The molecule has 1 aromatic carbocycles. The Morgan fingerprint density at radius 3 is 2.45 bits per heavy atom. The maximum absolute atomic E-state index is 14.7. The van der Waals surface area contributed by atoms with Crippen LogP contribution in [0.15, 0.2) is 48.6 Å². The van der Waals surface area contributed by atoms with Gasteiger partial charge in [-0.15, -0.1) is 0 Å². The molecule has 4 aliphatic rings. The van der Waals surface area contributed by atoms with Gasteiger partial charge in [0.15, 0.2) is 0 Å². The molecule has 7 atom stereocenters. The van der Waals surface area contributed by atoms with Crippen LogP contribution in [0, 0.1) is 17.8 Å². The van der Waals surface area contributed by atoms with Crippen molar-refractivity contribution < 1.29 is 29.0 Å². The number of rotatable bonds is 8. The predicted molar refractivity (Wildman–Crippen MR) is 161 cm³/mol. The van der Waals surface area contributed by atoms with E-state index in [9.17, 15) is 19.5 Å². The second-order valence-corrected chi connectivity index (χ2v) is 11.9. The summed E-state index contributed by atoms with van der Waals surface area (Å²) < 4.78 is 12.4. The van der Waals surface area contributed by atoms with Crippen LogP contribution in [0.2, 0.25) is 0 Å². The Labute approximate surface area is 249 Å². The van der Waals surface area contributed by atoms with Crippen molar-refractivity contribution in [1.29, 1.82) is 0 Å². The van der Waals surface area contributed by atoms with E-state index in [0.717, 1.165) is 38.0 Å². The zero-order chi connectivity index (χ0) is 30.0. The Morgan fingerprint density at radius 1 is 1.05 bits per heavy atom. The van der Waals surface area contributed by atoms with Crippen molar-refractivity contribution in [1.82, 2.24) is 4.90 Å². The van der Waals surface area contributed by atoms with Gasteiger partial charge in [-0.05, 0) is 63.3 Å². The van der Waals surface area contributed by atoms with Gasteiger partial charge >= 0.3 is 5.97 Å². The SMILES string of the molecule is CC[C@H](C)[C@H](CO)N1C(=O)[C@@H]2[C@H]3C(=O)OCCCC/C=C\[C@H]3O[C@@]23C=CCN(c2ccc(N(CC)CC)cc2)C(=O)C13. The van der Waals surface area contributed by atoms with Crippen molar-refractivity contribution in [3.05, 3.63) is 48.6 Å². The number of anilines is 2. The number of carbonyl (C=O) groups is 3.